The van der Waals surface area contributed by atoms with E-state index in [2.05, 4.69) is 6.07 Å². The summed E-state index contributed by atoms with van der Waals surface area (Å²) in [5, 5.41) is 8.68. The average Bonchev–Trinajstić information content (AvgIpc) is 2.45. The van der Waals surface area contributed by atoms with Crippen molar-refractivity contribution in [3.8, 4) is 6.07 Å². The fourth-order valence-corrected chi connectivity index (χ4v) is 1.52. The van der Waals surface area contributed by atoms with Crippen LogP contribution in [0.2, 0.25) is 0 Å². The van der Waals surface area contributed by atoms with E-state index in [1.807, 2.05) is 12.1 Å². The Morgan fingerprint density at radius 3 is 2.68 bits per heavy atom. The number of carbonyl (C=O) groups excluding carboxylic acids is 1. The minimum absolute atomic E-state index is 0.0412. The van der Waals surface area contributed by atoms with Crippen LogP contribution in [-0.2, 0) is 9.53 Å². The molecule has 0 unspecified atom stereocenters. The highest BCUT2D eigenvalue weighted by Gasteiger charge is 2.03. The molecule has 4 heteroatoms. The summed E-state index contributed by atoms with van der Waals surface area (Å²) in [6, 6.07) is 9.14. The topological polar surface area (TPSA) is 53.3 Å². The highest BCUT2D eigenvalue weighted by atomic mass is 16.5. The number of nitriles is 1. The van der Waals surface area contributed by atoms with E-state index < -0.39 is 0 Å². The summed E-state index contributed by atoms with van der Waals surface area (Å²) >= 11 is 0. The van der Waals surface area contributed by atoms with Crippen molar-refractivity contribution in [3.63, 3.8) is 0 Å². The first-order valence-corrected chi connectivity index (χ1v) is 6.09. The van der Waals surface area contributed by atoms with Gasteiger partial charge in [0.25, 0.3) is 0 Å². The van der Waals surface area contributed by atoms with Gasteiger partial charge in [0.1, 0.15) is 0 Å². The first-order chi connectivity index (χ1) is 9.17. The molecule has 0 aliphatic carbocycles. The quantitative estimate of drug-likeness (QED) is 0.579. The number of methoxy groups -OCH3 is 1. The van der Waals surface area contributed by atoms with Gasteiger partial charge >= 0.3 is 0 Å². The molecular formula is C15H18N2O2. The lowest BCUT2D eigenvalue weighted by molar-refractivity contribution is -0.124. The Bertz CT molecular complexity index is 472. The lowest BCUT2D eigenvalue weighted by Gasteiger charge is -2.14. The van der Waals surface area contributed by atoms with Crippen molar-refractivity contribution < 1.29 is 9.53 Å². The van der Waals surface area contributed by atoms with Gasteiger partial charge < -0.3 is 9.64 Å². The fourth-order valence-electron chi connectivity index (χ4n) is 1.52. The Kier molecular flexibility index (Phi) is 6.34. The van der Waals surface area contributed by atoms with E-state index in [0.29, 0.717) is 18.7 Å². The van der Waals surface area contributed by atoms with Crippen LogP contribution in [0.25, 0.3) is 6.08 Å². The normalized spacial score (nSPS) is 10.4. The third-order valence-electron chi connectivity index (χ3n) is 2.68. The molecule has 1 aromatic carbocycles. The van der Waals surface area contributed by atoms with Crippen molar-refractivity contribution in [2.75, 3.05) is 27.3 Å². The number of amides is 1. The molecule has 0 aromatic heterocycles. The van der Waals surface area contributed by atoms with Gasteiger partial charge in [0.15, 0.2) is 0 Å². The number of hydrogen-bond acceptors (Lipinski definition) is 3. The molecule has 0 radical (unpaired) electrons. The maximum Gasteiger partial charge on any atom is 0.246 e. The summed E-state index contributed by atoms with van der Waals surface area (Å²) in [5.74, 6) is -0.0412. The average molecular weight is 258 g/mol. The highest BCUT2D eigenvalue weighted by Crippen LogP contribution is 2.05. The summed E-state index contributed by atoms with van der Waals surface area (Å²) < 4.78 is 4.94. The number of rotatable bonds is 6. The van der Waals surface area contributed by atoms with Crippen LogP contribution in [-0.4, -0.2) is 38.1 Å². The van der Waals surface area contributed by atoms with Gasteiger partial charge in [-0.25, -0.2) is 0 Å². The monoisotopic (exact) mass is 258 g/mol. The van der Waals surface area contributed by atoms with E-state index in [9.17, 15) is 4.79 Å². The standard InChI is InChI=1S/C15H18N2O2/c1-17(10-3-11-19-2)15(18)9-8-13-4-6-14(12-16)7-5-13/h4-9H,3,10-11H2,1-2H3/b9-8+. The van der Waals surface area contributed by atoms with Crippen molar-refractivity contribution in [1.29, 1.82) is 5.26 Å². The molecule has 0 bridgehead atoms. The van der Waals surface area contributed by atoms with Gasteiger partial charge in [-0.2, -0.15) is 5.26 Å². The van der Waals surface area contributed by atoms with E-state index in [1.54, 1.807) is 37.3 Å². The van der Waals surface area contributed by atoms with Gasteiger partial charge in [0.2, 0.25) is 5.91 Å². The second-order valence-corrected chi connectivity index (χ2v) is 4.17. The summed E-state index contributed by atoms with van der Waals surface area (Å²) in [6.07, 6.45) is 4.11. The van der Waals surface area contributed by atoms with Gasteiger partial charge in [-0.1, -0.05) is 12.1 Å². The maximum atomic E-state index is 11.8. The minimum Gasteiger partial charge on any atom is -0.385 e. The largest absolute Gasteiger partial charge is 0.385 e. The Balaban J connectivity index is 2.50. The number of likely N-dealkylation sites (N-methyl/N-ethyl adjacent to an activating group) is 1. The molecule has 1 rings (SSSR count). The van der Waals surface area contributed by atoms with E-state index in [0.717, 1.165) is 12.0 Å². The van der Waals surface area contributed by atoms with E-state index >= 15 is 0 Å². The fraction of sp³-hybridized carbons (Fsp3) is 0.333. The lowest BCUT2D eigenvalue weighted by Crippen LogP contribution is -2.26. The predicted octanol–water partition coefficient (Wildman–Crippen LogP) is 2.07. The number of carbonyl (C=O) groups is 1. The molecule has 0 saturated carbocycles. The Morgan fingerprint density at radius 1 is 1.42 bits per heavy atom. The molecule has 4 nitrogen and oxygen atoms in total. The third-order valence-corrected chi connectivity index (χ3v) is 2.68. The van der Waals surface area contributed by atoms with Gasteiger partial charge in [-0.05, 0) is 30.2 Å². The van der Waals surface area contributed by atoms with Gasteiger partial charge in [0, 0.05) is 33.4 Å². The highest BCUT2D eigenvalue weighted by molar-refractivity contribution is 5.91. The van der Waals surface area contributed by atoms with Crippen LogP contribution in [0.4, 0.5) is 0 Å². The van der Waals surface area contributed by atoms with Crippen LogP contribution < -0.4 is 0 Å². The van der Waals surface area contributed by atoms with Crippen molar-refractivity contribution in [3.05, 3.63) is 41.5 Å². The summed E-state index contributed by atoms with van der Waals surface area (Å²) in [6.45, 7) is 1.32. The van der Waals surface area contributed by atoms with Gasteiger partial charge in [-0.3, -0.25) is 4.79 Å². The van der Waals surface area contributed by atoms with Crippen LogP contribution in [0.1, 0.15) is 17.5 Å². The van der Waals surface area contributed by atoms with E-state index in [1.165, 1.54) is 6.08 Å². The summed E-state index contributed by atoms with van der Waals surface area (Å²) in [7, 11) is 3.41. The zero-order valence-corrected chi connectivity index (χ0v) is 11.3. The molecule has 19 heavy (non-hydrogen) atoms. The molecule has 0 atom stereocenters. The molecule has 0 aliphatic heterocycles. The minimum atomic E-state index is -0.0412. The Labute approximate surface area is 113 Å². The Morgan fingerprint density at radius 2 is 2.11 bits per heavy atom. The molecule has 100 valence electrons. The van der Waals surface area contributed by atoms with Crippen LogP contribution in [0, 0.1) is 11.3 Å². The zero-order valence-electron chi connectivity index (χ0n) is 11.3. The summed E-state index contributed by atoms with van der Waals surface area (Å²) in [5.41, 5.74) is 1.51. The first-order valence-electron chi connectivity index (χ1n) is 6.09. The summed E-state index contributed by atoms with van der Waals surface area (Å²) in [4.78, 5) is 13.4. The second-order valence-electron chi connectivity index (χ2n) is 4.17. The molecule has 1 aromatic rings. The molecule has 0 aliphatic rings. The second kappa shape index (κ2) is 8.06. The molecule has 0 saturated heterocycles. The van der Waals surface area contributed by atoms with E-state index in [-0.39, 0.29) is 5.91 Å². The van der Waals surface area contributed by atoms with Crippen LogP contribution >= 0.6 is 0 Å². The number of hydrogen-bond donors (Lipinski definition) is 0. The van der Waals surface area contributed by atoms with Crippen molar-refractivity contribution in [2.45, 2.75) is 6.42 Å². The molecule has 1 amide bonds. The van der Waals surface area contributed by atoms with Crippen molar-refractivity contribution >= 4 is 12.0 Å². The zero-order chi connectivity index (χ0) is 14.1. The molecule has 0 heterocycles. The first kappa shape index (κ1) is 14.9. The van der Waals surface area contributed by atoms with Crippen LogP contribution in [0.15, 0.2) is 30.3 Å². The molecular weight excluding hydrogens is 240 g/mol. The van der Waals surface area contributed by atoms with Crippen LogP contribution in [0.5, 0.6) is 0 Å². The smallest absolute Gasteiger partial charge is 0.246 e. The van der Waals surface area contributed by atoms with Crippen molar-refractivity contribution in [1.82, 2.24) is 4.90 Å². The molecule has 0 fully saturated rings. The lowest BCUT2D eigenvalue weighted by atomic mass is 10.1. The predicted molar refractivity (Wildman–Crippen MR) is 74.3 cm³/mol. The van der Waals surface area contributed by atoms with Crippen LogP contribution in [0.3, 0.4) is 0 Å². The van der Waals surface area contributed by atoms with Gasteiger partial charge in [0.05, 0.1) is 11.6 Å². The SMILES string of the molecule is COCCCN(C)C(=O)/C=C/c1ccc(C#N)cc1. The number of nitrogens with zero attached hydrogens (tertiary/aromatic N) is 2. The maximum absolute atomic E-state index is 11.8. The molecule has 0 spiro atoms. The van der Waals surface area contributed by atoms with E-state index in [4.69, 9.17) is 10.00 Å². The molecule has 0 N–H and O–H groups in total. The number of benzene rings is 1. The van der Waals surface area contributed by atoms with Gasteiger partial charge in [-0.15, -0.1) is 0 Å². The number of ether oxygens (including phenoxy) is 1. The van der Waals surface area contributed by atoms with Crippen molar-refractivity contribution in [2.24, 2.45) is 0 Å². The Hall–Kier alpha value is -2.12. The third kappa shape index (κ3) is 5.36.